The summed E-state index contributed by atoms with van der Waals surface area (Å²) in [6, 6.07) is 8.80. The van der Waals surface area contributed by atoms with Crippen molar-refractivity contribution < 1.29 is 13.9 Å². The van der Waals surface area contributed by atoms with Gasteiger partial charge < -0.3 is 15.8 Å². The Morgan fingerprint density at radius 2 is 2.21 bits per heavy atom. The number of aromatic nitrogens is 2. The lowest BCUT2D eigenvalue weighted by molar-refractivity contribution is -0.114. The van der Waals surface area contributed by atoms with E-state index in [1.165, 1.54) is 6.92 Å². The first-order chi connectivity index (χ1) is 11.5. The SMILES string of the molecule is CC(=O)Nc1nc(OCc2cccc(C#N)c2)ncc1F.CCN. The fourth-order valence-corrected chi connectivity index (χ4v) is 1.55. The van der Waals surface area contributed by atoms with E-state index in [-0.39, 0.29) is 18.4 Å². The average Bonchev–Trinajstić information content (AvgIpc) is 2.56. The molecule has 0 saturated heterocycles. The minimum absolute atomic E-state index is 0.0671. The Morgan fingerprint density at radius 1 is 1.50 bits per heavy atom. The Bertz CT molecular complexity index is 731. The fourth-order valence-electron chi connectivity index (χ4n) is 1.55. The Labute approximate surface area is 139 Å². The van der Waals surface area contributed by atoms with Crippen LogP contribution in [-0.2, 0) is 11.4 Å². The van der Waals surface area contributed by atoms with Gasteiger partial charge in [-0.25, -0.2) is 9.37 Å². The standard InChI is InChI=1S/C14H11FN4O2.C2H7N/c1-9(20)18-13-12(15)7-17-14(19-13)21-8-11-4-2-3-10(5-11)6-16;1-2-3/h2-5,7H,8H2,1H3,(H,17,18,19,20);2-3H2,1H3. The number of hydrogen-bond acceptors (Lipinski definition) is 6. The van der Waals surface area contributed by atoms with E-state index in [9.17, 15) is 9.18 Å². The van der Waals surface area contributed by atoms with Crippen LogP contribution in [0.4, 0.5) is 10.2 Å². The molecule has 2 aromatic rings. The molecule has 0 bridgehead atoms. The van der Waals surface area contributed by atoms with Crippen LogP contribution in [0, 0.1) is 17.1 Å². The second kappa shape index (κ2) is 9.86. The number of nitriles is 1. The van der Waals surface area contributed by atoms with Crippen LogP contribution in [-0.4, -0.2) is 22.4 Å². The highest BCUT2D eigenvalue weighted by Gasteiger charge is 2.09. The van der Waals surface area contributed by atoms with Gasteiger partial charge in [-0.1, -0.05) is 19.1 Å². The summed E-state index contributed by atoms with van der Waals surface area (Å²) < 4.78 is 18.7. The summed E-state index contributed by atoms with van der Waals surface area (Å²) in [4.78, 5) is 18.4. The minimum Gasteiger partial charge on any atom is -0.459 e. The summed E-state index contributed by atoms with van der Waals surface area (Å²) >= 11 is 0. The molecule has 1 aromatic heterocycles. The third-order valence-electron chi connectivity index (χ3n) is 2.44. The van der Waals surface area contributed by atoms with Crippen LogP contribution >= 0.6 is 0 Å². The molecule has 24 heavy (non-hydrogen) atoms. The van der Waals surface area contributed by atoms with Gasteiger partial charge in [-0.05, 0) is 24.2 Å². The molecule has 0 spiro atoms. The van der Waals surface area contributed by atoms with Gasteiger partial charge in [0.05, 0.1) is 17.8 Å². The van der Waals surface area contributed by atoms with E-state index < -0.39 is 11.7 Å². The Morgan fingerprint density at radius 3 is 2.83 bits per heavy atom. The fraction of sp³-hybridized carbons (Fsp3) is 0.250. The molecule has 0 atom stereocenters. The van der Waals surface area contributed by atoms with E-state index in [2.05, 4.69) is 15.3 Å². The largest absolute Gasteiger partial charge is 0.459 e. The molecule has 8 heteroatoms. The molecule has 0 aliphatic carbocycles. The van der Waals surface area contributed by atoms with Crippen LogP contribution in [0.1, 0.15) is 25.0 Å². The number of carbonyl (C=O) groups is 1. The van der Waals surface area contributed by atoms with Gasteiger partial charge in [-0.2, -0.15) is 10.2 Å². The summed E-state index contributed by atoms with van der Waals surface area (Å²) in [5.41, 5.74) is 6.11. The first-order valence-corrected chi connectivity index (χ1v) is 7.12. The molecular weight excluding hydrogens is 313 g/mol. The van der Waals surface area contributed by atoms with E-state index in [0.717, 1.165) is 18.3 Å². The van der Waals surface area contributed by atoms with Crippen molar-refractivity contribution in [2.75, 3.05) is 11.9 Å². The zero-order chi connectivity index (χ0) is 17.9. The van der Waals surface area contributed by atoms with E-state index in [0.29, 0.717) is 5.56 Å². The van der Waals surface area contributed by atoms with Crippen molar-refractivity contribution >= 4 is 11.7 Å². The van der Waals surface area contributed by atoms with E-state index in [4.69, 9.17) is 15.7 Å². The highest BCUT2D eigenvalue weighted by atomic mass is 19.1. The van der Waals surface area contributed by atoms with E-state index in [1.54, 1.807) is 24.3 Å². The molecule has 1 aromatic carbocycles. The Kier molecular flexibility index (Phi) is 7.81. The van der Waals surface area contributed by atoms with Crippen molar-refractivity contribution in [1.82, 2.24) is 9.97 Å². The zero-order valence-electron chi connectivity index (χ0n) is 13.4. The number of hydrogen-bond donors (Lipinski definition) is 2. The average molecular weight is 331 g/mol. The monoisotopic (exact) mass is 331 g/mol. The van der Waals surface area contributed by atoms with Crippen LogP contribution in [0.2, 0.25) is 0 Å². The molecule has 0 aliphatic heterocycles. The lowest BCUT2D eigenvalue weighted by Crippen LogP contribution is -2.11. The van der Waals surface area contributed by atoms with Gasteiger partial charge in [0.25, 0.3) is 0 Å². The molecule has 1 amide bonds. The molecule has 0 aliphatic rings. The summed E-state index contributed by atoms with van der Waals surface area (Å²) in [5.74, 6) is -1.43. The summed E-state index contributed by atoms with van der Waals surface area (Å²) in [5, 5.41) is 11.0. The summed E-state index contributed by atoms with van der Waals surface area (Å²) in [7, 11) is 0. The number of anilines is 1. The second-order valence-electron chi connectivity index (χ2n) is 4.54. The topological polar surface area (TPSA) is 114 Å². The van der Waals surface area contributed by atoms with Gasteiger partial charge in [0.2, 0.25) is 5.91 Å². The van der Waals surface area contributed by atoms with Crippen LogP contribution in [0.25, 0.3) is 0 Å². The number of nitrogens with zero attached hydrogens (tertiary/aromatic N) is 3. The normalized spacial score (nSPS) is 9.29. The van der Waals surface area contributed by atoms with Gasteiger partial charge >= 0.3 is 6.01 Å². The van der Waals surface area contributed by atoms with Gasteiger partial charge in [-0.3, -0.25) is 4.79 Å². The predicted octanol–water partition coefficient (Wildman–Crippen LogP) is 1.99. The van der Waals surface area contributed by atoms with Gasteiger partial charge in [0.15, 0.2) is 11.6 Å². The summed E-state index contributed by atoms with van der Waals surface area (Å²) in [6.07, 6.45) is 0.916. The van der Waals surface area contributed by atoms with E-state index in [1.807, 2.05) is 13.0 Å². The number of nitrogens with two attached hydrogens (primary N) is 1. The van der Waals surface area contributed by atoms with Crippen molar-refractivity contribution in [2.45, 2.75) is 20.5 Å². The maximum atomic E-state index is 13.4. The zero-order valence-corrected chi connectivity index (χ0v) is 13.4. The number of benzene rings is 1. The highest BCUT2D eigenvalue weighted by Crippen LogP contribution is 2.14. The molecule has 126 valence electrons. The maximum Gasteiger partial charge on any atom is 0.318 e. The molecule has 2 rings (SSSR count). The van der Waals surface area contributed by atoms with Crippen LogP contribution < -0.4 is 15.8 Å². The highest BCUT2D eigenvalue weighted by molar-refractivity contribution is 5.87. The Hall–Kier alpha value is -3.05. The second-order valence-corrected chi connectivity index (χ2v) is 4.54. The van der Waals surface area contributed by atoms with Crippen LogP contribution in [0.5, 0.6) is 6.01 Å². The summed E-state index contributed by atoms with van der Waals surface area (Å²) in [6.45, 7) is 4.02. The number of carbonyl (C=O) groups excluding carboxylic acids is 1. The molecular formula is C16H18FN5O2. The molecule has 0 fully saturated rings. The van der Waals surface area contributed by atoms with Gasteiger partial charge in [0.1, 0.15) is 6.61 Å². The lowest BCUT2D eigenvalue weighted by Gasteiger charge is -2.07. The molecule has 3 N–H and O–H groups in total. The molecule has 0 radical (unpaired) electrons. The van der Waals surface area contributed by atoms with Crippen molar-refractivity contribution in [2.24, 2.45) is 5.73 Å². The van der Waals surface area contributed by atoms with Crippen molar-refractivity contribution in [3.8, 4) is 12.1 Å². The predicted molar refractivity (Wildman–Crippen MR) is 86.5 cm³/mol. The third kappa shape index (κ3) is 6.37. The van der Waals surface area contributed by atoms with Crippen molar-refractivity contribution in [3.63, 3.8) is 0 Å². The number of ether oxygens (including phenoxy) is 1. The first kappa shape index (κ1) is 19.0. The maximum absolute atomic E-state index is 13.4. The van der Waals surface area contributed by atoms with Crippen LogP contribution in [0.3, 0.4) is 0 Å². The number of nitrogens with one attached hydrogen (secondary N) is 1. The Balaban J connectivity index is 0.000000891. The molecule has 1 heterocycles. The number of amides is 1. The number of rotatable bonds is 4. The quantitative estimate of drug-likeness (QED) is 0.885. The minimum atomic E-state index is -0.746. The van der Waals surface area contributed by atoms with Crippen LogP contribution in [0.15, 0.2) is 30.5 Å². The lowest BCUT2D eigenvalue weighted by atomic mass is 10.1. The molecule has 7 nitrogen and oxygen atoms in total. The smallest absolute Gasteiger partial charge is 0.318 e. The molecule has 0 saturated carbocycles. The van der Waals surface area contributed by atoms with Crippen molar-refractivity contribution in [3.05, 3.63) is 47.4 Å². The van der Waals surface area contributed by atoms with Gasteiger partial charge in [-0.15, -0.1) is 0 Å². The van der Waals surface area contributed by atoms with Gasteiger partial charge in [0, 0.05) is 6.92 Å². The number of halogens is 1. The molecule has 0 unspecified atom stereocenters. The first-order valence-electron chi connectivity index (χ1n) is 7.12. The van der Waals surface area contributed by atoms with Crippen molar-refractivity contribution in [1.29, 1.82) is 5.26 Å². The van der Waals surface area contributed by atoms with E-state index >= 15 is 0 Å². The third-order valence-corrected chi connectivity index (χ3v) is 2.44.